The molecule has 0 saturated carbocycles. The van der Waals surface area contributed by atoms with Crippen molar-refractivity contribution in [3.8, 4) is 11.5 Å². The Morgan fingerprint density at radius 2 is 2.16 bits per heavy atom. The maximum Gasteiger partial charge on any atom is 0.276 e. The highest BCUT2D eigenvalue weighted by Crippen LogP contribution is 2.24. The molecule has 0 bridgehead atoms. The van der Waals surface area contributed by atoms with Gasteiger partial charge in [0.25, 0.3) is 5.91 Å². The predicted octanol–water partition coefficient (Wildman–Crippen LogP) is 1.86. The fraction of sp³-hybridized carbons (Fsp3) is 0.278. The number of carbonyl (C=O) groups excluding carboxylic acids is 1. The third kappa shape index (κ3) is 2.94. The SMILES string of the molecule is Cn1ccnc1C1CNCCN1C(=O)c1coc(-c2ccccc2)n1. The topological polar surface area (TPSA) is 76.2 Å². The van der Waals surface area contributed by atoms with E-state index in [1.54, 1.807) is 6.20 Å². The van der Waals surface area contributed by atoms with Crippen molar-refractivity contribution in [3.63, 3.8) is 0 Å². The van der Waals surface area contributed by atoms with Gasteiger partial charge in [0.15, 0.2) is 5.69 Å². The normalized spacial score (nSPS) is 17.6. The molecule has 1 aliphatic heterocycles. The number of imidazole rings is 1. The first kappa shape index (κ1) is 15.6. The van der Waals surface area contributed by atoms with Gasteiger partial charge in [-0.25, -0.2) is 9.97 Å². The number of benzene rings is 1. The van der Waals surface area contributed by atoms with Gasteiger partial charge in [0, 0.05) is 44.6 Å². The van der Waals surface area contributed by atoms with Crippen LogP contribution in [0.2, 0.25) is 0 Å². The third-order valence-corrected chi connectivity index (χ3v) is 4.40. The lowest BCUT2D eigenvalue weighted by Gasteiger charge is -2.35. The number of hydrogen-bond donors (Lipinski definition) is 1. The van der Waals surface area contributed by atoms with E-state index < -0.39 is 0 Å². The Labute approximate surface area is 145 Å². The molecule has 1 saturated heterocycles. The second kappa shape index (κ2) is 6.52. The van der Waals surface area contributed by atoms with Crippen molar-refractivity contribution in [1.29, 1.82) is 0 Å². The molecule has 4 rings (SSSR count). The first-order valence-corrected chi connectivity index (χ1v) is 8.24. The van der Waals surface area contributed by atoms with Crippen molar-refractivity contribution in [1.82, 2.24) is 24.8 Å². The van der Waals surface area contributed by atoms with Gasteiger partial charge in [-0.3, -0.25) is 4.79 Å². The van der Waals surface area contributed by atoms with E-state index >= 15 is 0 Å². The quantitative estimate of drug-likeness (QED) is 0.789. The van der Waals surface area contributed by atoms with Crippen LogP contribution in [-0.2, 0) is 7.05 Å². The van der Waals surface area contributed by atoms with Gasteiger partial charge in [0.05, 0.1) is 0 Å². The molecule has 1 amide bonds. The number of rotatable bonds is 3. The molecular formula is C18H19N5O2. The standard InChI is InChI=1S/C18H19N5O2/c1-22-9-8-20-16(22)15-11-19-7-10-23(15)18(24)14-12-25-17(21-14)13-5-3-2-4-6-13/h2-6,8-9,12,15,19H,7,10-11H2,1H3. The lowest BCUT2D eigenvalue weighted by Crippen LogP contribution is -2.49. The molecule has 0 aliphatic carbocycles. The Morgan fingerprint density at radius 1 is 1.32 bits per heavy atom. The molecule has 128 valence electrons. The van der Waals surface area contributed by atoms with Crippen LogP contribution in [0.4, 0.5) is 0 Å². The minimum absolute atomic E-state index is 0.127. The van der Waals surface area contributed by atoms with Crippen molar-refractivity contribution in [2.45, 2.75) is 6.04 Å². The zero-order valence-electron chi connectivity index (χ0n) is 13.9. The highest BCUT2D eigenvalue weighted by Gasteiger charge is 2.32. The summed E-state index contributed by atoms with van der Waals surface area (Å²) < 4.78 is 7.46. The Bertz CT molecular complexity index is 870. The van der Waals surface area contributed by atoms with E-state index in [9.17, 15) is 4.79 Å². The lowest BCUT2D eigenvalue weighted by atomic mass is 10.1. The van der Waals surface area contributed by atoms with Gasteiger partial charge in [0.1, 0.15) is 18.1 Å². The van der Waals surface area contributed by atoms with E-state index in [4.69, 9.17) is 4.42 Å². The van der Waals surface area contributed by atoms with Crippen LogP contribution < -0.4 is 5.32 Å². The number of oxazole rings is 1. The molecule has 1 N–H and O–H groups in total. The van der Waals surface area contributed by atoms with Crippen molar-refractivity contribution in [2.24, 2.45) is 7.05 Å². The van der Waals surface area contributed by atoms with Crippen LogP contribution in [-0.4, -0.2) is 45.0 Å². The van der Waals surface area contributed by atoms with Crippen LogP contribution in [0.15, 0.2) is 53.4 Å². The second-order valence-electron chi connectivity index (χ2n) is 6.02. The van der Waals surface area contributed by atoms with Crippen molar-refractivity contribution in [3.05, 3.63) is 60.5 Å². The summed E-state index contributed by atoms with van der Waals surface area (Å²) in [5.41, 5.74) is 1.17. The van der Waals surface area contributed by atoms with Crippen LogP contribution in [0.1, 0.15) is 22.4 Å². The average molecular weight is 337 g/mol. The molecular weight excluding hydrogens is 318 g/mol. The third-order valence-electron chi connectivity index (χ3n) is 4.40. The Balaban J connectivity index is 1.61. The summed E-state index contributed by atoms with van der Waals surface area (Å²) in [5.74, 6) is 1.17. The molecule has 1 fully saturated rings. The van der Waals surface area contributed by atoms with Gasteiger partial charge >= 0.3 is 0 Å². The minimum Gasteiger partial charge on any atom is -0.444 e. The predicted molar refractivity (Wildman–Crippen MR) is 91.8 cm³/mol. The van der Waals surface area contributed by atoms with Gasteiger partial charge in [-0.1, -0.05) is 18.2 Å². The largest absolute Gasteiger partial charge is 0.444 e. The fourth-order valence-corrected chi connectivity index (χ4v) is 3.11. The van der Waals surface area contributed by atoms with E-state index in [2.05, 4.69) is 15.3 Å². The molecule has 1 aliphatic rings. The van der Waals surface area contributed by atoms with E-state index in [-0.39, 0.29) is 11.9 Å². The lowest BCUT2D eigenvalue weighted by molar-refractivity contribution is 0.0614. The van der Waals surface area contributed by atoms with Crippen LogP contribution >= 0.6 is 0 Å². The Hall–Kier alpha value is -2.93. The average Bonchev–Trinajstić information content (AvgIpc) is 3.31. The number of hydrogen-bond acceptors (Lipinski definition) is 5. The number of piperazine rings is 1. The zero-order valence-corrected chi connectivity index (χ0v) is 13.9. The van der Waals surface area contributed by atoms with E-state index in [1.165, 1.54) is 6.26 Å². The molecule has 1 atom stereocenters. The first-order chi connectivity index (χ1) is 12.2. The summed E-state index contributed by atoms with van der Waals surface area (Å²) in [6, 6.07) is 9.43. The molecule has 7 nitrogen and oxygen atoms in total. The highest BCUT2D eigenvalue weighted by molar-refractivity contribution is 5.92. The molecule has 1 unspecified atom stereocenters. The van der Waals surface area contributed by atoms with E-state index in [1.807, 2.05) is 53.0 Å². The monoisotopic (exact) mass is 337 g/mol. The number of amides is 1. The molecule has 25 heavy (non-hydrogen) atoms. The van der Waals surface area contributed by atoms with Gasteiger partial charge in [-0.15, -0.1) is 0 Å². The summed E-state index contributed by atoms with van der Waals surface area (Å²) in [5, 5.41) is 3.33. The number of nitrogens with one attached hydrogen (secondary N) is 1. The summed E-state index contributed by atoms with van der Waals surface area (Å²) in [4.78, 5) is 23.6. The number of aryl methyl sites for hydroxylation is 1. The van der Waals surface area contributed by atoms with Crippen molar-refractivity contribution < 1.29 is 9.21 Å². The Morgan fingerprint density at radius 3 is 2.92 bits per heavy atom. The number of carbonyl (C=O) groups is 1. The van der Waals surface area contributed by atoms with Crippen molar-refractivity contribution in [2.75, 3.05) is 19.6 Å². The molecule has 7 heteroatoms. The van der Waals surface area contributed by atoms with Gasteiger partial charge in [0.2, 0.25) is 5.89 Å². The van der Waals surface area contributed by atoms with Crippen LogP contribution in [0.5, 0.6) is 0 Å². The number of aromatic nitrogens is 3. The zero-order chi connectivity index (χ0) is 17.2. The molecule has 2 aromatic heterocycles. The molecule has 3 heterocycles. The van der Waals surface area contributed by atoms with E-state index in [0.29, 0.717) is 24.7 Å². The number of nitrogens with zero attached hydrogens (tertiary/aromatic N) is 4. The van der Waals surface area contributed by atoms with Gasteiger partial charge in [-0.05, 0) is 12.1 Å². The first-order valence-electron chi connectivity index (χ1n) is 8.24. The fourth-order valence-electron chi connectivity index (χ4n) is 3.11. The van der Waals surface area contributed by atoms with Crippen LogP contribution in [0, 0.1) is 0 Å². The summed E-state index contributed by atoms with van der Waals surface area (Å²) in [6.45, 7) is 2.01. The highest BCUT2D eigenvalue weighted by atomic mass is 16.3. The summed E-state index contributed by atoms with van der Waals surface area (Å²) in [6.07, 6.45) is 5.06. The molecule has 1 aromatic carbocycles. The van der Waals surface area contributed by atoms with Crippen molar-refractivity contribution >= 4 is 5.91 Å². The second-order valence-corrected chi connectivity index (χ2v) is 6.02. The maximum absolute atomic E-state index is 13.0. The molecule has 3 aromatic rings. The van der Waals surface area contributed by atoms with E-state index in [0.717, 1.165) is 17.9 Å². The minimum atomic E-state index is -0.138. The van der Waals surface area contributed by atoms with Gasteiger partial charge in [-0.2, -0.15) is 0 Å². The summed E-state index contributed by atoms with van der Waals surface area (Å²) in [7, 11) is 1.93. The Kier molecular flexibility index (Phi) is 4.07. The molecule has 0 spiro atoms. The van der Waals surface area contributed by atoms with Gasteiger partial charge < -0.3 is 19.2 Å². The van der Waals surface area contributed by atoms with Crippen LogP contribution in [0.25, 0.3) is 11.5 Å². The maximum atomic E-state index is 13.0. The summed E-state index contributed by atoms with van der Waals surface area (Å²) >= 11 is 0. The smallest absolute Gasteiger partial charge is 0.276 e. The van der Waals surface area contributed by atoms with Crippen LogP contribution in [0.3, 0.4) is 0 Å². The molecule has 0 radical (unpaired) electrons.